The third-order valence-electron chi connectivity index (χ3n) is 5.01. The maximum Gasteiger partial charge on any atom is 0.294 e. The molecule has 2 unspecified atom stereocenters. The van der Waals surface area contributed by atoms with Crippen LogP contribution in [0.3, 0.4) is 0 Å². The average Bonchev–Trinajstić information content (AvgIpc) is 3.23. The summed E-state index contributed by atoms with van der Waals surface area (Å²) in [5.74, 6) is -0.144. The molecular weight excluding hydrogens is 393 g/mol. The molecule has 1 aromatic heterocycles. The second kappa shape index (κ2) is 8.69. The molecule has 2 aliphatic rings. The second-order valence-electron chi connectivity index (χ2n) is 6.61. The number of rotatable bonds is 3. The number of hydrogen-bond acceptors (Lipinski definition) is 5. The first kappa shape index (κ1) is 21.1. The summed E-state index contributed by atoms with van der Waals surface area (Å²) >= 11 is 0. The monoisotopic (exact) mass is 413 g/mol. The molecule has 1 amide bonds. The quantitative estimate of drug-likeness (QED) is 0.616. The number of carbonyl (C=O) groups is 1. The molecule has 10 heteroatoms. The van der Waals surface area contributed by atoms with Crippen LogP contribution in [0, 0.1) is 10.1 Å². The minimum absolute atomic E-state index is 0. The molecular formula is C17H21Cl2N5O3. The Hall–Kier alpha value is -2.16. The normalized spacial score (nSPS) is 21.0. The fourth-order valence-corrected chi connectivity index (χ4v) is 3.73. The van der Waals surface area contributed by atoms with E-state index in [1.165, 1.54) is 12.4 Å². The summed E-state index contributed by atoms with van der Waals surface area (Å²) in [5, 5.41) is 15.0. The van der Waals surface area contributed by atoms with Gasteiger partial charge in [-0.25, -0.2) is 4.98 Å². The average molecular weight is 414 g/mol. The zero-order valence-electron chi connectivity index (χ0n) is 14.5. The van der Waals surface area contributed by atoms with Crippen LogP contribution in [0.5, 0.6) is 0 Å². The summed E-state index contributed by atoms with van der Waals surface area (Å²) in [7, 11) is 0. The molecule has 27 heavy (non-hydrogen) atoms. The third kappa shape index (κ3) is 4.23. The number of amides is 1. The molecule has 0 spiro atoms. The first-order chi connectivity index (χ1) is 12.1. The largest absolute Gasteiger partial charge is 0.337 e. The number of nitrogens with one attached hydrogen (secondary N) is 1. The molecule has 2 saturated heterocycles. The van der Waals surface area contributed by atoms with Gasteiger partial charge < -0.3 is 14.8 Å². The number of likely N-dealkylation sites (tertiary alicyclic amines) is 1. The van der Waals surface area contributed by atoms with Crippen molar-refractivity contribution in [3.05, 3.63) is 52.6 Å². The molecule has 0 saturated carbocycles. The molecule has 8 nitrogen and oxygen atoms in total. The van der Waals surface area contributed by atoms with Gasteiger partial charge in [0, 0.05) is 49.2 Å². The Balaban J connectivity index is 0.00000131. The van der Waals surface area contributed by atoms with Crippen molar-refractivity contribution >= 4 is 36.4 Å². The molecule has 146 valence electrons. The molecule has 2 bridgehead atoms. The van der Waals surface area contributed by atoms with E-state index in [-0.39, 0.29) is 36.4 Å². The van der Waals surface area contributed by atoms with Crippen molar-refractivity contribution in [1.82, 2.24) is 19.8 Å². The molecule has 3 heterocycles. The number of nitrogens with zero attached hydrogens (tertiary/aromatic N) is 4. The van der Waals surface area contributed by atoms with Crippen LogP contribution in [0.4, 0.5) is 5.69 Å². The van der Waals surface area contributed by atoms with E-state index in [9.17, 15) is 14.9 Å². The van der Waals surface area contributed by atoms with Gasteiger partial charge in [0.1, 0.15) is 5.69 Å². The van der Waals surface area contributed by atoms with Gasteiger partial charge in [0.15, 0.2) is 0 Å². The predicted octanol–water partition coefficient (Wildman–Crippen LogP) is 2.59. The molecule has 1 aromatic carbocycles. The predicted molar refractivity (Wildman–Crippen MR) is 105 cm³/mol. The molecule has 2 aliphatic heterocycles. The molecule has 2 fully saturated rings. The Labute approximate surface area is 168 Å². The summed E-state index contributed by atoms with van der Waals surface area (Å²) < 4.78 is 1.57. The van der Waals surface area contributed by atoms with Gasteiger partial charge in [-0.15, -0.1) is 24.8 Å². The summed E-state index contributed by atoms with van der Waals surface area (Å²) in [6.45, 7) is 1.34. The minimum Gasteiger partial charge on any atom is -0.337 e. The van der Waals surface area contributed by atoms with Crippen LogP contribution in [0.1, 0.15) is 29.6 Å². The fraction of sp³-hybridized carbons (Fsp3) is 0.412. The number of hydrogen-bond donors (Lipinski definition) is 1. The maximum absolute atomic E-state index is 12.9. The van der Waals surface area contributed by atoms with Gasteiger partial charge in [-0.3, -0.25) is 14.9 Å². The van der Waals surface area contributed by atoms with E-state index in [1.54, 1.807) is 29.1 Å². The highest BCUT2D eigenvalue weighted by Crippen LogP contribution is 2.26. The first-order valence-corrected chi connectivity index (χ1v) is 8.44. The summed E-state index contributed by atoms with van der Waals surface area (Å²) in [6.07, 6.45) is 7.87. The number of carbonyl (C=O) groups excluding carboxylic acids is 1. The highest BCUT2D eigenvalue weighted by atomic mass is 35.5. The number of aromatic nitrogens is 2. The van der Waals surface area contributed by atoms with Gasteiger partial charge in [-0.1, -0.05) is 0 Å². The van der Waals surface area contributed by atoms with Crippen molar-refractivity contribution in [2.24, 2.45) is 0 Å². The van der Waals surface area contributed by atoms with Crippen LogP contribution < -0.4 is 5.32 Å². The lowest BCUT2D eigenvalue weighted by molar-refractivity contribution is -0.384. The Morgan fingerprint density at radius 1 is 1.22 bits per heavy atom. The zero-order valence-corrected chi connectivity index (χ0v) is 16.1. The van der Waals surface area contributed by atoms with Gasteiger partial charge in [0.05, 0.1) is 11.3 Å². The molecule has 0 radical (unpaired) electrons. The number of halogens is 2. The topological polar surface area (TPSA) is 93.3 Å². The smallest absolute Gasteiger partial charge is 0.294 e. The Morgan fingerprint density at radius 2 is 2.00 bits per heavy atom. The minimum atomic E-state index is -0.460. The Kier molecular flexibility index (Phi) is 6.80. The maximum atomic E-state index is 12.9. The standard InChI is InChI=1S/C17H19N5O3.2ClH/c23-17(20-7-5-13-2-3-14(10-20)19-13)12-1-4-15(16(9-12)22(24)25)21-8-6-18-11-21;;/h1,4,6,8-9,11,13-14,19H,2-3,5,7,10H2;2*1H. The lowest BCUT2D eigenvalue weighted by Gasteiger charge is -2.24. The van der Waals surface area contributed by atoms with Crippen LogP contribution in [0.25, 0.3) is 5.69 Å². The van der Waals surface area contributed by atoms with Crippen LogP contribution in [0.2, 0.25) is 0 Å². The number of nitro groups is 1. The molecule has 4 rings (SSSR count). The van der Waals surface area contributed by atoms with E-state index in [0.717, 1.165) is 19.3 Å². The molecule has 2 atom stereocenters. The van der Waals surface area contributed by atoms with Crippen molar-refractivity contribution in [1.29, 1.82) is 0 Å². The number of fused-ring (bicyclic) bond motifs is 2. The van der Waals surface area contributed by atoms with Gasteiger partial charge >= 0.3 is 0 Å². The van der Waals surface area contributed by atoms with Gasteiger partial charge in [-0.2, -0.15) is 0 Å². The Morgan fingerprint density at radius 3 is 2.70 bits per heavy atom. The second-order valence-corrected chi connectivity index (χ2v) is 6.61. The summed E-state index contributed by atoms with van der Waals surface area (Å²) in [4.78, 5) is 29.6. The zero-order chi connectivity index (χ0) is 17.4. The van der Waals surface area contributed by atoms with Crippen LogP contribution in [0.15, 0.2) is 36.9 Å². The van der Waals surface area contributed by atoms with Crippen molar-refractivity contribution < 1.29 is 9.72 Å². The van der Waals surface area contributed by atoms with E-state index in [4.69, 9.17) is 0 Å². The SMILES string of the molecule is Cl.Cl.O=C(c1ccc(-n2ccnc2)c([N+](=O)[O-])c1)N1CCC2CCC(C1)N2. The van der Waals surface area contributed by atoms with Gasteiger partial charge in [0.2, 0.25) is 0 Å². The van der Waals surface area contributed by atoms with Crippen molar-refractivity contribution in [2.75, 3.05) is 13.1 Å². The van der Waals surface area contributed by atoms with E-state index in [0.29, 0.717) is 36.4 Å². The van der Waals surface area contributed by atoms with E-state index < -0.39 is 4.92 Å². The number of benzene rings is 1. The lowest BCUT2D eigenvalue weighted by Crippen LogP contribution is -2.39. The summed E-state index contributed by atoms with van der Waals surface area (Å²) in [6, 6.07) is 5.45. The van der Waals surface area contributed by atoms with E-state index in [2.05, 4.69) is 10.3 Å². The Bertz CT molecular complexity index is 815. The number of imidazole rings is 1. The van der Waals surface area contributed by atoms with Crippen LogP contribution in [-0.4, -0.2) is 50.5 Å². The molecule has 2 aromatic rings. The molecule has 0 aliphatic carbocycles. The number of nitro benzene ring substituents is 1. The van der Waals surface area contributed by atoms with E-state index >= 15 is 0 Å². The third-order valence-corrected chi connectivity index (χ3v) is 5.01. The fourth-order valence-electron chi connectivity index (χ4n) is 3.73. The van der Waals surface area contributed by atoms with E-state index in [1.807, 2.05) is 4.90 Å². The summed E-state index contributed by atoms with van der Waals surface area (Å²) in [5.41, 5.74) is 0.655. The van der Waals surface area contributed by atoms with Gasteiger partial charge in [-0.05, 0) is 31.4 Å². The van der Waals surface area contributed by atoms with Crippen molar-refractivity contribution in [3.8, 4) is 5.69 Å². The van der Waals surface area contributed by atoms with Gasteiger partial charge in [0.25, 0.3) is 11.6 Å². The molecule has 1 N–H and O–H groups in total. The highest BCUT2D eigenvalue weighted by Gasteiger charge is 2.32. The first-order valence-electron chi connectivity index (χ1n) is 8.44. The van der Waals surface area contributed by atoms with Crippen molar-refractivity contribution in [3.63, 3.8) is 0 Å². The lowest BCUT2D eigenvalue weighted by atomic mass is 10.1. The highest BCUT2D eigenvalue weighted by molar-refractivity contribution is 5.95. The van der Waals surface area contributed by atoms with Crippen LogP contribution in [-0.2, 0) is 0 Å². The van der Waals surface area contributed by atoms with Crippen molar-refractivity contribution in [2.45, 2.75) is 31.3 Å². The van der Waals surface area contributed by atoms with Crippen LogP contribution >= 0.6 is 24.8 Å².